The van der Waals surface area contributed by atoms with Crippen molar-refractivity contribution in [3.8, 4) is 0 Å². The van der Waals surface area contributed by atoms with Gasteiger partial charge in [0.25, 0.3) is 11.6 Å². The molecule has 1 heterocycles. The quantitative estimate of drug-likeness (QED) is 0.583. The molecule has 2 N–H and O–H groups in total. The Morgan fingerprint density at radius 2 is 2.04 bits per heavy atom. The molecule has 128 valence electrons. The van der Waals surface area contributed by atoms with E-state index in [1.165, 1.54) is 29.5 Å². The largest absolute Gasteiger partial charge is 0.383 e. The van der Waals surface area contributed by atoms with Crippen LogP contribution in [0, 0.1) is 10.1 Å². The molecule has 8 nitrogen and oxygen atoms in total. The van der Waals surface area contributed by atoms with Crippen LogP contribution in [0.3, 0.4) is 0 Å². The van der Waals surface area contributed by atoms with Crippen LogP contribution in [0.1, 0.15) is 48.0 Å². The highest BCUT2D eigenvalue weighted by molar-refractivity contribution is 7.15. The topological polar surface area (TPSA) is 110 Å². The third-order valence-electron chi connectivity index (χ3n) is 3.72. The van der Waals surface area contributed by atoms with Gasteiger partial charge in [0.1, 0.15) is 10.7 Å². The van der Waals surface area contributed by atoms with Gasteiger partial charge in [-0.2, -0.15) is 0 Å². The minimum absolute atomic E-state index is 0.153. The Kier molecular flexibility index (Phi) is 5.80. The second-order valence-corrected chi connectivity index (χ2v) is 6.16. The Hall–Kier alpha value is -2.55. The molecule has 1 amide bonds. The summed E-state index contributed by atoms with van der Waals surface area (Å²) in [4.78, 5) is 22.8. The molecule has 2 rings (SSSR count). The molecule has 24 heavy (non-hydrogen) atoms. The van der Waals surface area contributed by atoms with E-state index in [0.29, 0.717) is 16.7 Å². The lowest BCUT2D eigenvalue weighted by Crippen LogP contribution is -2.12. The number of nitro benzene ring substituents is 1. The maximum atomic E-state index is 12.3. The fraction of sp³-hybridized carbons (Fsp3) is 0.400. The van der Waals surface area contributed by atoms with Gasteiger partial charge in [-0.05, 0) is 25.0 Å². The second-order valence-electron chi connectivity index (χ2n) is 5.15. The van der Waals surface area contributed by atoms with Crippen molar-refractivity contribution in [2.45, 2.75) is 32.6 Å². The number of hydrogen-bond acceptors (Lipinski definition) is 7. The fourth-order valence-electron chi connectivity index (χ4n) is 2.29. The highest BCUT2D eigenvalue weighted by atomic mass is 32.1. The maximum Gasteiger partial charge on any atom is 0.293 e. The van der Waals surface area contributed by atoms with Gasteiger partial charge in [0.2, 0.25) is 5.13 Å². The van der Waals surface area contributed by atoms with E-state index in [9.17, 15) is 14.9 Å². The van der Waals surface area contributed by atoms with E-state index in [-0.39, 0.29) is 11.3 Å². The minimum Gasteiger partial charge on any atom is -0.383 e. The van der Waals surface area contributed by atoms with Crippen LogP contribution in [-0.2, 0) is 0 Å². The smallest absolute Gasteiger partial charge is 0.293 e. The molecule has 2 aromatic rings. The fourth-order valence-corrected chi connectivity index (χ4v) is 3.30. The van der Waals surface area contributed by atoms with Crippen LogP contribution in [0.25, 0.3) is 0 Å². The standard InChI is InChI=1S/C15H19N5O3S/c1-4-9(5-2)14-18-19-15(24-14)17-13(21)10-6-7-11(16-3)12(8-10)20(22)23/h6-9,16H,4-5H2,1-3H3,(H,17,19,21). The number of rotatable bonds is 7. The average Bonchev–Trinajstić information content (AvgIpc) is 3.03. The van der Waals surface area contributed by atoms with Gasteiger partial charge in [-0.25, -0.2) is 0 Å². The monoisotopic (exact) mass is 349 g/mol. The Bertz CT molecular complexity index is 742. The molecule has 0 aliphatic heterocycles. The van der Waals surface area contributed by atoms with Gasteiger partial charge < -0.3 is 5.32 Å². The van der Waals surface area contributed by atoms with Gasteiger partial charge in [-0.3, -0.25) is 20.2 Å². The number of benzene rings is 1. The molecule has 1 aromatic carbocycles. The summed E-state index contributed by atoms with van der Waals surface area (Å²) in [7, 11) is 1.59. The van der Waals surface area contributed by atoms with E-state index in [1.807, 2.05) is 0 Å². The highest BCUT2D eigenvalue weighted by Crippen LogP contribution is 2.29. The van der Waals surface area contributed by atoms with Crippen molar-refractivity contribution >= 4 is 33.8 Å². The zero-order valence-corrected chi connectivity index (χ0v) is 14.5. The van der Waals surface area contributed by atoms with Crippen LogP contribution < -0.4 is 10.6 Å². The number of amides is 1. The van der Waals surface area contributed by atoms with Crippen LogP contribution in [-0.4, -0.2) is 28.1 Å². The molecule has 0 spiro atoms. The van der Waals surface area contributed by atoms with Crippen molar-refractivity contribution in [3.05, 3.63) is 38.9 Å². The molecule has 0 aliphatic carbocycles. The first-order valence-corrected chi connectivity index (χ1v) is 8.42. The number of aromatic nitrogens is 2. The number of anilines is 2. The molecule has 0 saturated carbocycles. The molecular formula is C15H19N5O3S. The van der Waals surface area contributed by atoms with Crippen molar-refractivity contribution in [2.24, 2.45) is 0 Å². The molecule has 1 aromatic heterocycles. The first-order chi connectivity index (χ1) is 11.5. The predicted molar refractivity (Wildman–Crippen MR) is 93.8 cm³/mol. The van der Waals surface area contributed by atoms with Gasteiger partial charge in [0.15, 0.2) is 0 Å². The van der Waals surface area contributed by atoms with Crippen LogP contribution in [0.2, 0.25) is 0 Å². The van der Waals surface area contributed by atoms with Crippen molar-refractivity contribution < 1.29 is 9.72 Å². The number of carbonyl (C=O) groups excluding carboxylic acids is 1. The molecule has 9 heteroatoms. The Morgan fingerprint density at radius 1 is 1.33 bits per heavy atom. The maximum absolute atomic E-state index is 12.3. The number of hydrogen-bond donors (Lipinski definition) is 2. The summed E-state index contributed by atoms with van der Waals surface area (Å²) < 4.78 is 0. The number of nitrogens with one attached hydrogen (secondary N) is 2. The van der Waals surface area contributed by atoms with Crippen LogP contribution in [0.5, 0.6) is 0 Å². The van der Waals surface area contributed by atoms with Crippen molar-refractivity contribution in [1.82, 2.24) is 10.2 Å². The first-order valence-electron chi connectivity index (χ1n) is 7.61. The Labute approximate surface area is 143 Å². The number of nitro groups is 1. The van der Waals surface area contributed by atoms with E-state index < -0.39 is 10.8 Å². The Morgan fingerprint density at radius 3 is 2.62 bits per heavy atom. The molecule has 0 atom stereocenters. The van der Waals surface area contributed by atoms with Crippen LogP contribution in [0.4, 0.5) is 16.5 Å². The molecule has 0 fully saturated rings. The van der Waals surface area contributed by atoms with Gasteiger partial charge in [-0.15, -0.1) is 10.2 Å². The average molecular weight is 349 g/mol. The molecule has 0 unspecified atom stereocenters. The van der Waals surface area contributed by atoms with Gasteiger partial charge in [0.05, 0.1) is 4.92 Å². The zero-order chi connectivity index (χ0) is 17.7. The summed E-state index contributed by atoms with van der Waals surface area (Å²) in [5.41, 5.74) is 0.392. The molecule has 0 saturated heterocycles. The Balaban J connectivity index is 2.18. The van der Waals surface area contributed by atoms with Crippen molar-refractivity contribution in [3.63, 3.8) is 0 Å². The van der Waals surface area contributed by atoms with Crippen LogP contribution in [0.15, 0.2) is 18.2 Å². The first kappa shape index (κ1) is 17.8. The molecule has 0 aliphatic rings. The summed E-state index contributed by atoms with van der Waals surface area (Å²) >= 11 is 1.33. The summed E-state index contributed by atoms with van der Waals surface area (Å²) in [6.07, 6.45) is 1.91. The number of nitrogens with zero attached hydrogens (tertiary/aromatic N) is 3. The lowest BCUT2D eigenvalue weighted by atomic mass is 10.1. The van der Waals surface area contributed by atoms with Crippen molar-refractivity contribution in [1.29, 1.82) is 0 Å². The van der Waals surface area contributed by atoms with E-state index in [1.54, 1.807) is 7.05 Å². The lowest BCUT2D eigenvalue weighted by Gasteiger charge is -2.06. The highest BCUT2D eigenvalue weighted by Gasteiger charge is 2.19. The third kappa shape index (κ3) is 3.85. The minimum atomic E-state index is -0.529. The lowest BCUT2D eigenvalue weighted by molar-refractivity contribution is -0.384. The van der Waals surface area contributed by atoms with E-state index in [4.69, 9.17) is 0 Å². The zero-order valence-electron chi connectivity index (χ0n) is 13.7. The summed E-state index contributed by atoms with van der Waals surface area (Å²) in [6, 6.07) is 4.27. The second kappa shape index (κ2) is 7.82. The number of carbonyl (C=O) groups is 1. The van der Waals surface area contributed by atoms with Crippen molar-refractivity contribution in [2.75, 3.05) is 17.7 Å². The summed E-state index contributed by atoms with van der Waals surface area (Å²) in [6.45, 7) is 4.16. The normalized spacial score (nSPS) is 10.7. The van der Waals surface area contributed by atoms with E-state index in [2.05, 4.69) is 34.7 Å². The van der Waals surface area contributed by atoms with Gasteiger partial charge in [0, 0.05) is 24.6 Å². The van der Waals surface area contributed by atoms with Gasteiger partial charge >= 0.3 is 0 Å². The van der Waals surface area contributed by atoms with Gasteiger partial charge in [-0.1, -0.05) is 25.2 Å². The molecule has 0 bridgehead atoms. The van der Waals surface area contributed by atoms with E-state index >= 15 is 0 Å². The summed E-state index contributed by atoms with van der Waals surface area (Å²) in [5.74, 6) is -0.128. The molecular weight excluding hydrogens is 330 g/mol. The predicted octanol–water partition coefficient (Wildman–Crippen LogP) is 3.64. The summed E-state index contributed by atoms with van der Waals surface area (Å²) in [5, 5.41) is 25.8. The molecule has 0 radical (unpaired) electrons. The third-order valence-corrected chi connectivity index (χ3v) is 4.72. The van der Waals surface area contributed by atoms with Crippen LogP contribution >= 0.6 is 11.3 Å². The SMILES string of the molecule is CCC(CC)c1nnc(NC(=O)c2ccc(NC)c([N+](=O)[O-])c2)s1. The van der Waals surface area contributed by atoms with E-state index in [0.717, 1.165) is 17.8 Å².